The summed E-state index contributed by atoms with van der Waals surface area (Å²) < 4.78 is 6.52. The molecule has 0 spiro atoms. The molecule has 0 aromatic carbocycles. The van der Waals surface area contributed by atoms with Crippen LogP contribution in [0.5, 0.6) is 0 Å². The molecule has 0 amide bonds. The maximum Gasteiger partial charge on any atom is 0.312 e. The van der Waals surface area contributed by atoms with E-state index in [9.17, 15) is 4.79 Å². The highest BCUT2D eigenvalue weighted by Crippen LogP contribution is 2.74. The van der Waals surface area contributed by atoms with Gasteiger partial charge in [-0.05, 0) is 99.2 Å². The fourth-order valence-corrected chi connectivity index (χ4v) is 8.93. The summed E-state index contributed by atoms with van der Waals surface area (Å²) >= 11 is 0. The molecule has 8 bridgehead atoms. The Bertz CT molecular complexity index is 614. The number of rotatable bonds is 2. The summed E-state index contributed by atoms with van der Waals surface area (Å²) in [6, 6.07) is 0. The van der Waals surface area contributed by atoms with Crippen molar-refractivity contribution < 1.29 is 9.53 Å². The molecule has 0 N–H and O–H groups in total. The molecule has 8 fully saturated rings. The minimum absolute atomic E-state index is 0.116. The fourth-order valence-electron chi connectivity index (χ4n) is 8.93. The molecule has 2 nitrogen and oxygen atoms in total. The van der Waals surface area contributed by atoms with E-state index in [4.69, 9.17) is 4.74 Å². The summed E-state index contributed by atoms with van der Waals surface area (Å²) in [6.07, 6.45) is 8.11. The highest BCUT2D eigenvalue weighted by Gasteiger charge is 2.72. The van der Waals surface area contributed by atoms with Crippen molar-refractivity contribution in [2.75, 3.05) is 0 Å². The first-order valence-corrected chi connectivity index (χ1v) is 10.5. The fraction of sp³-hybridized carbons (Fsp3) is 0.955. The Morgan fingerprint density at radius 2 is 1.33 bits per heavy atom. The highest BCUT2D eigenvalue weighted by molar-refractivity contribution is 5.81. The van der Waals surface area contributed by atoms with Crippen molar-refractivity contribution in [2.24, 2.45) is 58.2 Å². The van der Waals surface area contributed by atoms with Gasteiger partial charge in [0.15, 0.2) is 0 Å². The Hall–Kier alpha value is -0.530. The topological polar surface area (TPSA) is 26.3 Å². The zero-order valence-electron chi connectivity index (χ0n) is 15.7. The zero-order valence-corrected chi connectivity index (χ0v) is 15.7. The van der Waals surface area contributed by atoms with E-state index in [0.717, 1.165) is 41.9 Å². The van der Waals surface area contributed by atoms with E-state index in [1.807, 2.05) is 0 Å². The van der Waals surface area contributed by atoms with Crippen LogP contribution in [0.4, 0.5) is 0 Å². The molecular formula is C22H32O2. The van der Waals surface area contributed by atoms with Crippen LogP contribution in [0.15, 0.2) is 0 Å². The maximum absolute atomic E-state index is 13.1. The lowest BCUT2D eigenvalue weighted by atomic mass is 9.33. The zero-order chi connectivity index (χ0) is 16.6. The number of carbonyl (C=O) groups excluding carboxylic acids is 1. The molecule has 24 heavy (non-hydrogen) atoms. The monoisotopic (exact) mass is 328 g/mol. The molecule has 6 atom stereocenters. The lowest BCUT2D eigenvalue weighted by Gasteiger charge is -2.73. The molecule has 8 rings (SSSR count). The summed E-state index contributed by atoms with van der Waals surface area (Å²) in [5.74, 6) is 7.19. The van der Waals surface area contributed by atoms with Gasteiger partial charge in [-0.25, -0.2) is 0 Å². The standard InChI is InChI=1S/C22H32O2/c1-20(2)10-21(20,3)19(23)24-22(4)12-8-14-13-5-11-6-16(14)18(22)17(7-11)15(13)9-12/h11-18H,5-10H2,1-4H3. The van der Waals surface area contributed by atoms with Crippen molar-refractivity contribution >= 4 is 5.97 Å². The average molecular weight is 328 g/mol. The molecule has 2 heteroatoms. The Morgan fingerprint density at radius 1 is 0.833 bits per heavy atom. The molecule has 6 unspecified atom stereocenters. The first-order chi connectivity index (χ1) is 11.2. The minimum atomic E-state index is -0.234. The number of ether oxygens (including phenoxy) is 1. The van der Waals surface area contributed by atoms with Gasteiger partial charge in [0, 0.05) is 5.92 Å². The number of carbonyl (C=O) groups is 1. The second-order valence-electron chi connectivity index (χ2n) is 11.6. The first-order valence-electron chi connectivity index (χ1n) is 10.5. The largest absolute Gasteiger partial charge is 0.458 e. The van der Waals surface area contributed by atoms with Gasteiger partial charge in [0.2, 0.25) is 0 Å². The Kier molecular flexibility index (Phi) is 2.38. The maximum atomic E-state index is 13.1. The van der Waals surface area contributed by atoms with Crippen LogP contribution >= 0.6 is 0 Å². The van der Waals surface area contributed by atoms with Gasteiger partial charge in [0.1, 0.15) is 5.60 Å². The molecule has 0 aliphatic heterocycles. The van der Waals surface area contributed by atoms with Crippen LogP contribution in [0.25, 0.3) is 0 Å². The molecule has 8 aliphatic carbocycles. The molecular weight excluding hydrogens is 296 g/mol. The molecule has 132 valence electrons. The van der Waals surface area contributed by atoms with E-state index in [1.165, 1.54) is 32.1 Å². The van der Waals surface area contributed by atoms with Gasteiger partial charge in [-0.15, -0.1) is 0 Å². The molecule has 8 saturated carbocycles. The van der Waals surface area contributed by atoms with Gasteiger partial charge in [-0.3, -0.25) is 4.79 Å². The Balaban J connectivity index is 1.35. The minimum Gasteiger partial charge on any atom is -0.458 e. The van der Waals surface area contributed by atoms with Gasteiger partial charge in [-0.2, -0.15) is 0 Å². The normalized spacial score (nSPS) is 63.7. The summed E-state index contributed by atoms with van der Waals surface area (Å²) in [6.45, 7) is 8.91. The Morgan fingerprint density at radius 3 is 1.88 bits per heavy atom. The predicted molar refractivity (Wildman–Crippen MR) is 92.0 cm³/mol. The number of hydrogen-bond donors (Lipinski definition) is 0. The average Bonchev–Trinajstić information content (AvgIpc) is 3.04. The highest BCUT2D eigenvalue weighted by atomic mass is 16.6. The molecule has 0 heterocycles. The molecule has 0 aromatic heterocycles. The molecule has 0 saturated heterocycles. The summed E-state index contributed by atoms with van der Waals surface area (Å²) in [4.78, 5) is 13.1. The van der Waals surface area contributed by atoms with E-state index < -0.39 is 0 Å². The van der Waals surface area contributed by atoms with Crippen molar-refractivity contribution in [1.29, 1.82) is 0 Å². The second kappa shape index (κ2) is 3.91. The van der Waals surface area contributed by atoms with Gasteiger partial charge in [0.25, 0.3) is 0 Å². The van der Waals surface area contributed by atoms with Crippen LogP contribution < -0.4 is 0 Å². The van der Waals surface area contributed by atoms with Crippen molar-refractivity contribution in [3.05, 3.63) is 0 Å². The van der Waals surface area contributed by atoms with Crippen LogP contribution in [0.2, 0.25) is 0 Å². The molecule has 0 aromatic rings. The lowest BCUT2D eigenvalue weighted by Crippen LogP contribution is -2.72. The summed E-state index contributed by atoms with van der Waals surface area (Å²) in [7, 11) is 0. The predicted octanol–water partition coefficient (Wildman–Crippen LogP) is 4.67. The van der Waals surface area contributed by atoms with Crippen LogP contribution in [0, 0.1) is 58.2 Å². The van der Waals surface area contributed by atoms with E-state index in [-0.39, 0.29) is 22.4 Å². The Labute approximate surface area is 146 Å². The van der Waals surface area contributed by atoms with Gasteiger partial charge < -0.3 is 4.74 Å². The van der Waals surface area contributed by atoms with Gasteiger partial charge in [-0.1, -0.05) is 13.8 Å². The van der Waals surface area contributed by atoms with Crippen LogP contribution in [-0.4, -0.2) is 11.6 Å². The second-order valence-corrected chi connectivity index (χ2v) is 11.6. The van der Waals surface area contributed by atoms with E-state index in [0.29, 0.717) is 11.8 Å². The van der Waals surface area contributed by atoms with Gasteiger partial charge >= 0.3 is 5.97 Å². The number of esters is 1. The van der Waals surface area contributed by atoms with Crippen LogP contribution in [0.1, 0.15) is 66.2 Å². The van der Waals surface area contributed by atoms with E-state index >= 15 is 0 Å². The van der Waals surface area contributed by atoms with Crippen molar-refractivity contribution in [2.45, 2.75) is 71.8 Å². The summed E-state index contributed by atoms with van der Waals surface area (Å²) in [5.41, 5.74) is -0.264. The third-order valence-corrected chi connectivity index (χ3v) is 10.5. The van der Waals surface area contributed by atoms with Crippen molar-refractivity contribution in [1.82, 2.24) is 0 Å². The molecule has 8 aliphatic rings. The lowest BCUT2D eigenvalue weighted by molar-refractivity contribution is -0.291. The quantitative estimate of drug-likeness (QED) is 0.688. The van der Waals surface area contributed by atoms with Crippen molar-refractivity contribution in [3.63, 3.8) is 0 Å². The molecule has 0 radical (unpaired) electrons. The van der Waals surface area contributed by atoms with Gasteiger partial charge in [0.05, 0.1) is 5.41 Å². The van der Waals surface area contributed by atoms with Crippen molar-refractivity contribution in [3.8, 4) is 0 Å². The van der Waals surface area contributed by atoms with Crippen LogP contribution in [0.3, 0.4) is 0 Å². The third-order valence-electron chi connectivity index (χ3n) is 10.5. The first kappa shape index (κ1) is 14.6. The summed E-state index contributed by atoms with van der Waals surface area (Å²) in [5, 5.41) is 0. The third kappa shape index (κ3) is 1.42. The van der Waals surface area contributed by atoms with Crippen LogP contribution in [-0.2, 0) is 9.53 Å². The van der Waals surface area contributed by atoms with E-state index in [2.05, 4.69) is 27.7 Å². The number of hydrogen-bond acceptors (Lipinski definition) is 2. The smallest absolute Gasteiger partial charge is 0.312 e. The van der Waals surface area contributed by atoms with E-state index in [1.54, 1.807) is 0 Å². The SMILES string of the molecule is CC1(OC(=O)C2(C)CC2(C)C)C2CC3C4CC5CC3C1C(C5)C4C2.